The molecule has 3 aromatic rings. The number of nitrogens with zero attached hydrogens (tertiary/aromatic N) is 3. The van der Waals surface area contributed by atoms with Gasteiger partial charge in [-0.15, -0.1) is 10.2 Å². The molecule has 0 saturated heterocycles. The van der Waals surface area contributed by atoms with Gasteiger partial charge in [-0.05, 0) is 58.0 Å². The number of nitrogens with one attached hydrogen (secondary N) is 1. The fourth-order valence-corrected chi connectivity index (χ4v) is 3.09. The summed E-state index contributed by atoms with van der Waals surface area (Å²) in [7, 11) is 0. The van der Waals surface area contributed by atoms with E-state index in [4.69, 9.17) is 0 Å². The van der Waals surface area contributed by atoms with Crippen LogP contribution in [0.5, 0.6) is 0 Å². The zero-order chi connectivity index (χ0) is 19.7. The van der Waals surface area contributed by atoms with Crippen molar-refractivity contribution >= 4 is 17.6 Å². The largest absolute Gasteiger partial charge is 0.478 e. The Morgan fingerprint density at radius 3 is 2.00 bits per heavy atom. The topological polar surface area (TPSA) is 97.1 Å². The van der Waals surface area contributed by atoms with Crippen LogP contribution in [0.15, 0.2) is 36.4 Å². The predicted molar refractivity (Wildman–Crippen MR) is 102 cm³/mol. The average Bonchev–Trinajstić information content (AvgIpc) is 2.92. The third kappa shape index (κ3) is 3.87. The number of rotatable bonds is 4. The number of aromatic carboxylic acids is 1. The van der Waals surface area contributed by atoms with Gasteiger partial charge in [-0.3, -0.25) is 9.36 Å². The Morgan fingerprint density at radius 2 is 1.44 bits per heavy atom. The van der Waals surface area contributed by atoms with Gasteiger partial charge in [0.25, 0.3) is 5.91 Å². The van der Waals surface area contributed by atoms with Crippen molar-refractivity contribution in [3.05, 3.63) is 70.3 Å². The first kappa shape index (κ1) is 18.3. The summed E-state index contributed by atoms with van der Waals surface area (Å²) in [5, 5.41) is 20.2. The summed E-state index contributed by atoms with van der Waals surface area (Å²) in [5.41, 5.74) is 3.51. The van der Waals surface area contributed by atoms with Crippen molar-refractivity contribution < 1.29 is 14.7 Å². The Labute approximate surface area is 156 Å². The number of hydrogen-bond acceptors (Lipinski definition) is 4. The van der Waals surface area contributed by atoms with Crippen molar-refractivity contribution in [3.63, 3.8) is 0 Å². The van der Waals surface area contributed by atoms with Crippen molar-refractivity contribution in [1.29, 1.82) is 0 Å². The number of carbonyl (C=O) groups is 2. The van der Waals surface area contributed by atoms with E-state index in [9.17, 15) is 14.7 Å². The molecule has 0 fully saturated rings. The van der Waals surface area contributed by atoms with E-state index in [0.29, 0.717) is 28.6 Å². The molecule has 2 aromatic carbocycles. The summed E-state index contributed by atoms with van der Waals surface area (Å²) in [4.78, 5) is 24.2. The van der Waals surface area contributed by atoms with E-state index < -0.39 is 5.97 Å². The van der Waals surface area contributed by atoms with Gasteiger partial charge in [0.1, 0.15) is 11.6 Å². The Balaban J connectivity index is 2.02. The Morgan fingerprint density at radius 1 is 0.852 bits per heavy atom. The highest BCUT2D eigenvalue weighted by molar-refractivity contribution is 6.05. The van der Waals surface area contributed by atoms with Crippen LogP contribution < -0.4 is 5.32 Å². The standard InChI is InChI=1S/C20H20N4O3/c1-11-5-12(2)7-15(6-11)19(25)21-17-8-16(20(26)27)9-18(10-17)24-13(3)22-23-14(24)4/h5-10H,1-4H3,(H,21,25)(H,26,27). The molecular weight excluding hydrogens is 344 g/mol. The predicted octanol–water partition coefficient (Wildman–Crippen LogP) is 3.45. The van der Waals surface area contributed by atoms with E-state index >= 15 is 0 Å². The average molecular weight is 364 g/mol. The lowest BCUT2D eigenvalue weighted by Gasteiger charge is -2.12. The molecule has 138 valence electrons. The van der Waals surface area contributed by atoms with Gasteiger partial charge in [-0.25, -0.2) is 4.79 Å². The molecule has 0 aliphatic carbocycles. The van der Waals surface area contributed by atoms with E-state index in [-0.39, 0.29) is 11.5 Å². The summed E-state index contributed by atoms with van der Waals surface area (Å²) in [6, 6.07) is 10.2. The summed E-state index contributed by atoms with van der Waals surface area (Å²) in [5.74, 6) is -0.127. The molecule has 0 radical (unpaired) electrons. The number of anilines is 1. The number of aryl methyl sites for hydroxylation is 4. The van der Waals surface area contributed by atoms with Gasteiger partial charge < -0.3 is 10.4 Å². The second-order valence-electron chi connectivity index (χ2n) is 6.53. The van der Waals surface area contributed by atoms with E-state index in [2.05, 4.69) is 15.5 Å². The molecule has 3 rings (SSSR count). The molecule has 1 amide bonds. The van der Waals surface area contributed by atoms with Crippen molar-refractivity contribution in [2.45, 2.75) is 27.7 Å². The second kappa shape index (κ2) is 7.03. The van der Waals surface area contributed by atoms with Crippen LogP contribution in [0.4, 0.5) is 5.69 Å². The summed E-state index contributed by atoms with van der Waals surface area (Å²) in [6.45, 7) is 7.40. The van der Waals surface area contributed by atoms with Crippen LogP contribution in [-0.2, 0) is 0 Å². The maximum atomic E-state index is 12.6. The van der Waals surface area contributed by atoms with Gasteiger partial charge in [0.05, 0.1) is 11.3 Å². The van der Waals surface area contributed by atoms with Gasteiger partial charge in [-0.2, -0.15) is 0 Å². The Kier molecular flexibility index (Phi) is 4.77. The van der Waals surface area contributed by atoms with Crippen LogP contribution in [0.1, 0.15) is 43.5 Å². The summed E-state index contributed by atoms with van der Waals surface area (Å²) in [6.07, 6.45) is 0. The molecule has 0 unspecified atom stereocenters. The lowest BCUT2D eigenvalue weighted by atomic mass is 10.1. The Bertz CT molecular complexity index is 1010. The fourth-order valence-electron chi connectivity index (χ4n) is 3.09. The van der Waals surface area contributed by atoms with E-state index in [1.165, 1.54) is 12.1 Å². The molecule has 0 saturated carbocycles. The zero-order valence-electron chi connectivity index (χ0n) is 15.6. The van der Waals surface area contributed by atoms with Gasteiger partial charge >= 0.3 is 5.97 Å². The van der Waals surface area contributed by atoms with E-state index in [1.807, 2.05) is 19.9 Å². The quantitative estimate of drug-likeness (QED) is 0.739. The third-order valence-corrected chi connectivity index (χ3v) is 4.15. The minimum atomic E-state index is -1.08. The first-order valence-electron chi connectivity index (χ1n) is 8.41. The maximum absolute atomic E-state index is 12.6. The van der Waals surface area contributed by atoms with Crippen LogP contribution in [-0.4, -0.2) is 31.7 Å². The highest BCUT2D eigenvalue weighted by Crippen LogP contribution is 2.22. The van der Waals surface area contributed by atoms with Gasteiger partial charge in [-0.1, -0.05) is 17.2 Å². The van der Waals surface area contributed by atoms with Gasteiger partial charge in [0, 0.05) is 11.3 Å². The molecule has 1 heterocycles. The third-order valence-electron chi connectivity index (χ3n) is 4.15. The number of carboxylic acids is 1. The van der Waals surface area contributed by atoms with Crippen LogP contribution in [0.25, 0.3) is 5.69 Å². The normalized spacial score (nSPS) is 10.7. The van der Waals surface area contributed by atoms with Crippen molar-refractivity contribution in [2.75, 3.05) is 5.32 Å². The molecule has 27 heavy (non-hydrogen) atoms. The number of benzene rings is 2. The smallest absolute Gasteiger partial charge is 0.335 e. The zero-order valence-corrected chi connectivity index (χ0v) is 15.6. The number of aromatic nitrogens is 3. The molecule has 0 atom stereocenters. The van der Waals surface area contributed by atoms with Crippen molar-refractivity contribution in [3.8, 4) is 5.69 Å². The van der Waals surface area contributed by atoms with Crippen LogP contribution in [0.2, 0.25) is 0 Å². The van der Waals surface area contributed by atoms with Crippen molar-refractivity contribution in [2.24, 2.45) is 0 Å². The minimum absolute atomic E-state index is 0.0655. The summed E-state index contributed by atoms with van der Waals surface area (Å²) >= 11 is 0. The van der Waals surface area contributed by atoms with Crippen LogP contribution in [0, 0.1) is 27.7 Å². The SMILES string of the molecule is Cc1cc(C)cc(C(=O)Nc2cc(C(=O)O)cc(-n3c(C)nnc3C)c2)c1. The second-order valence-corrected chi connectivity index (χ2v) is 6.53. The van der Waals surface area contributed by atoms with Crippen molar-refractivity contribution in [1.82, 2.24) is 14.8 Å². The summed E-state index contributed by atoms with van der Waals surface area (Å²) < 4.78 is 1.74. The molecule has 7 heteroatoms. The number of hydrogen-bond donors (Lipinski definition) is 2. The molecule has 7 nitrogen and oxygen atoms in total. The monoisotopic (exact) mass is 364 g/mol. The number of carboxylic acid groups (broad SMARTS) is 1. The van der Waals surface area contributed by atoms with E-state index in [1.54, 1.807) is 36.6 Å². The minimum Gasteiger partial charge on any atom is -0.478 e. The molecule has 0 bridgehead atoms. The molecule has 2 N–H and O–H groups in total. The number of carbonyl (C=O) groups excluding carboxylic acids is 1. The lowest BCUT2D eigenvalue weighted by Crippen LogP contribution is -2.14. The fraction of sp³-hybridized carbons (Fsp3) is 0.200. The van der Waals surface area contributed by atoms with Gasteiger partial charge in [0.2, 0.25) is 0 Å². The molecule has 0 aliphatic heterocycles. The lowest BCUT2D eigenvalue weighted by molar-refractivity contribution is 0.0696. The first-order valence-corrected chi connectivity index (χ1v) is 8.41. The highest BCUT2D eigenvalue weighted by atomic mass is 16.4. The van der Waals surface area contributed by atoms with E-state index in [0.717, 1.165) is 11.1 Å². The Hall–Kier alpha value is -3.48. The molecule has 0 spiro atoms. The molecule has 1 aromatic heterocycles. The highest BCUT2D eigenvalue weighted by Gasteiger charge is 2.14. The molecule has 0 aliphatic rings. The van der Waals surface area contributed by atoms with Crippen LogP contribution in [0.3, 0.4) is 0 Å². The number of amides is 1. The first-order chi connectivity index (χ1) is 12.7. The van der Waals surface area contributed by atoms with Crippen LogP contribution >= 0.6 is 0 Å². The van der Waals surface area contributed by atoms with Gasteiger partial charge in [0.15, 0.2) is 0 Å². The molecular formula is C20H20N4O3. The maximum Gasteiger partial charge on any atom is 0.335 e.